The van der Waals surface area contributed by atoms with E-state index < -0.39 is 11.8 Å². The summed E-state index contributed by atoms with van der Waals surface area (Å²) in [5.41, 5.74) is 0.699. The van der Waals surface area contributed by atoms with E-state index in [0.29, 0.717) is 11.3 Å². The van der Waals surface area contributed by atoms with Crippen molar-refractivity contribution in [2.45, 2.75) is 0 Å². The summed E-state index contributed by atoms with van der Waals surface area (Å²) in [4.78, 5) is 26.6. The Labute approximate surface area is 185 Å². The van der Waals surface area contributed by atoms with Gasteiger partial charge in [0.15, 0.2) is 5.11 Å². The molecular formula is C21H11Cl2FN2O3S. The van der Waals surface area contributed by atoms with Gasteiger partial charge < -0.3 is 4.42 Å². The van der Waals surface area contributed by atoms with Gasteiger partial charge in [-0.2, -0.15) is 0 Å². The number of nitrogens with zero attached hydrogens (tertiary/aromatic N) is 1. The Balaban J connectivity index is 1.70. The summed E-state index contributed by atoms with van der Waals surface area (Å²) >= 11 is 17.4. The first-order valence-corrected chi connectivity index (χ1v) is 9.73. The van der Waals surface area contributed by atoms with Gasteiger partial charge in [-0.05, 0) is 66.8 Å². The molecule has 0 unspecified atom stereocenters. The maximum atomic E-state index is 13.1. The quantitative estimate of drug-likeness (QED) is 0.330. The van der Waals surface area contributed by atoms with Gasteiger partial charge in [0.1, 0.15) is 22.9 Å². The molecule has 1 aromatic heterocycles. The average molecular weight is 461 g/mol. The number of furan rings is 1. The van der Waals surface area contributed by atoms with Crippen molar-refractivity contribution in [1.29, 1.82) is 0 Å². The molecule has 0 bridgehead atoms. The zero-order chi connectivity index (χ0) is 21.4. The first kappa shape index (κ1) is 20.3. The lowest BCUT2D eigenvalue weighted by molar-refractivity contribution is -0.122. The lowest BCUT2D eigenvalue weighted by atomic mass is 10.1. The largest absolute Gasteiger partial charge is 0.457 e. The van der Waals surface area contributed by atoms with E-state index >= 15 is 0 Å². The predicted octanol–water partition coefficient (Wildman–Crippen LogP) is 5.22. The molecule has 9 heteroatoms. The Morgan fingerprint density at radius 2 is 1.77 bits per heavy atom. The van der Waals surface area contributed by atoms with Crippen molar-refractivity contribution in [3.05, 3.63) is 81.8 Å². The van der Waals surface area contributed by atoms with E-state index in [1.807, 2.05) is 0 Å². The normalized spacial score (nSPS) is 15.6. The summed E-state index contributed by atoms with van der Waals surface area (Å²) < 4.78 is 18.8. The van der Waals surface area contributed by atoms with Gasteiger partial charge >= 0.3 is 0 Å². The third kappa shape index (κ3) is 3.75. The maximum Gasteiger partial charge on any atom is 0.270 e. The van der Waals surface area contributed by atoms with E-state index in [4.69, 9.17) is 39.8 Å². The van der Waals surface area contributed by atoms with Crippen molar-refractivity contribution >= 4 is 64.1 Å². The molecule has 0 aliphatic carbocycles. The van der Waals surface area contributed by atoms with Gasteiger partial charge in [-0.15, -0.1) is 0 Å². The minimum atomic E-state index is -0.673. The fourth-order valence-electron chi connectivity index (χ4n) is 2.88. The number of hydrogen-bond acceptors (Lipinski definition) is 4. The molecule has 1 fully saturated rings. The summed E-state index contributed by atoms with van der Waals surface area (Å²) in [6, 6.07) is 13.7. The molecule has 5 nitrogen and oxygen atoms in total. The molecule has 1 saturated heterocycles. The highest BCUT2D eigenvalue weighted by Gasteiger charge is 2.36. The fraction of sp³-hybridized carbons (Fsp3) is 0. The van der Waals surface area contributed by atoms with Crippen LogP contribution in [-0.4, -0.2) is 16.9 Å². The van der Waals surface area contributed by atoms with Crippen LogP contribution in [0.1, 0.15) is 5.76 Å². The minimum absolute atomic E-state index is 0.113. The number of carbonyl (C=O) groups excluding carboxylic acids is 2. The number of carbonyl (C=O) groups is 2. The standard InChI is InChI=1S/C21H11Cl2FN2O3S/c22-15-2-1-3-16(18(15)23)26-20(28)14(19(27)25-21(26)30)10-13-8-9-17(29-13)11-4-6-12(24)7-5-11/h1-10H,(H,25,27,30)/b14-10+. The number of amides is 2. The van der Waals surface area contributed by atoms with Gasteiger partial charge in [0, 0.05) is 5.56 Å². The van der Waals surface area contributed by atoms with E-state index in [0.717, 1.165) is 4.90 Å². The molecule has 1 aliphatic heterocycles. The molecule has 0 spiro atoms. The average Bonchev–Trinajstić information content (AvgIpc) is 3.17. The van der Waals surface area contributed by atoms with Crippen molar-refractivity contribution in [1.82, 2.24) is 5.32 Å². The van der Waals surface area contributed by atoms with Crippen LogP contribution < -0.4 is 10.2 Å². The second-order valence-electron chi connectivity index (χ2n) is 6.24. The third-order valence-electron chi connectivity index (χ3n) is 4.32. The Morgan fingerprint density at radius 3 is 2.50 bits per heavy atom. The molecule has 2 aromatic carbocycles. The second-order valence-corrected chi connectivity index (χ2v) is 7.41. The first-order valence-electron chi connectivity index (χ1n) is 8.56. The zero-order valence-corrected chi connectivity index (χ0v) is 17.3. The Bertz CT molecular complexity index is 1220. The van der Waals surface area contributed by atoms with Crippen LogP contribution in [0.2, 0.25) is 10.0 Å². The lowest BCUT2D eigenvalue weighted by Gasteiger charge is -2.29. The van der Waals surface area contributed by atoms with Crippen molar-refractivity contribution in [2.75, 3.05) is 4.90 Å². The molecule has 1 aliphatic rings. The number of nitrogens with one attached hydrogen (secondary N) is 1. The highest BCUT2D eigenvalue weighted by atomic mass is 35.5. The molecule has 1 N–H and O–H groups in total. The molecule has 0 atom stereocenters. The zero-order valence-electron chi connectivity index (χ0n) is 15.0. The van der Waals surface area contributed by atoms with Gasteiger partial charge in [-0.25, -0.2) is 4.39 Å². The van der Waals surface area contributed by atoms with E-state index in [-0.39, 0.29) is 38.0 Å². The molecule has 2 heterocycles. The van der Waals surface area contributed by atoms with Crippen LogP contribution >= 0.6 is 35.4 Å². The van der Waals surface area contributed by atoms with Crippen molar-refractivity contribution in [2.24, 2.45) is 0 Å². The first-order chi connectivity index (χ1) is 14.3. The van der Waals surface area contributed by atoms with Gasteiger partial charge in [0.25, 0.3) is 11.8 Å². The van der Waals surface area contributed by atoms with Gasteiger partial charge in [-0.3, -0.25) is 19.8 Å². The van der Waals surface area contributed by atoms with Gasteiger partial charge in [0.2, 0.25) is 0 Å². The molecule has 0 radical (unpaired) electrons. The molecule has 30 heavy (non-hydrogen) atoms. The summed E-state index contributed by atoms with van der Waals surface area (Å²) in [6.45, 7) is 0. The monoisotopic (exact) mass is 460 g/mol. The number of benzene rings is 2. The van der Waals surface area contributed by atoms with Gasteiger partial charge in [0.05, 0.1) is 15.7 Å². The lowest BCUT2D eigenvalue weighted by Crippen LogP contribution is -2.54. The molecule has 2 amide bonds. The maximum absolute atomic E-state index is 13.1. The smallest absolute Gasteiger partial charge is 0.270 e. The Kier molecular flexibility index (Phi) is 5.42. The van der Waals surface area contributed by atoms with Crippen molar-refractivity contribution < 1.29 is 18.4 Å². The molecular weight excluding hydrogens is 450 g/mol. The molecule has 4 rings (SSSR count). The van der Waals surface area contributed by atoms with Crippen LogP contribution in [-0.2, 0) is 9.59 Å². The van der Waals surface area contributed by atoms with Gasteiger partial charge in [-0.1, -0.05) is 29.3 Å². The second kappa shape index (κ2) is 8.02. The van der Waals surface area contributed by atoms with Crippen LogP contribution in [0.15, 0.2) is 64.6 Å². The van der Waals surface area contributed by atoms with Crippen molar-refractivity contribution in [3.8, 4) is 11.3 Å². The topological polar surface area (TPSA) is 62.6 Å². The van der Waals surface area contributed by atoms with Crippen LogP contribution in [0.5, 0.6) is 0 Å². The Hall–Kier alpha value is -3.00. The van der Waals surface area contributed by atoms with E-state index in [1.54, 1.807) is 42.5 Å². The van der Waals surface area contributed by atoms with E-state index in [9.17, 15) is 14.0 Å². The SMILES string of the molecule is O=C1NC(=S)N(c2cccc(Cl)c2Cl)C(=O)/C1=C/c1ccc(-c2ccc(F)cc2)o1. The highest BCUT2D eigenvalue weighted by molar-refractivity contribution is 7.80. The highest BCUT2D eigenvalue weighted by Crippen LogP contribution is 2.34. The number of thiocarbonyl (C=S) groups is 1. The van der Waals surface area contributed by atoms with E-state index in [1.165, 1.54) is 18.2 Å². The van der Waals surface area contributed by atoms with Crippen LogP contribution in [0.4, 0.5) is 10.1 Å². The number of rotatable bonds is 3. The molecule has 3 aromatic rings. The summed E-state index contributed by atoms with van der Waals surface area (Å²) in [5.74, 6) is -0.992. The predicted molar refractivity (Wildman–Crippen MR) is 117 cm³/mol. The van der Waals surface area contributed by atoms with Crippen LogP contribution in [0, 0.1) is 5.82 Å². The number of anilines is 1. The minimum Gasteiger partial charge on any atom is -0.457 e. The van der Waals surface area contributed by atoms with Crippen molar-refractivity contribution in [3.63, 3.8) is 0 Å². The number of hydrogen-bond donors (Lipinski definition) is 1. The van der Waals surface area contributed by atoms with E-state index in [2.05, 4.69) is 5.32 Å². The fourth-order valence-corrected chi connectivity index (χ4v) is 3.54. The van der Waals surface area contributed by atoms with Crippen LogP contribution in [0.3, 0.4) is 0 Å². The molecule has 0 saturated carbocycles. The third-order valence-corrected chi connectivity index (χ3v) is 5.41. The Morgan fingerprint density at radius 1 is 1.03 bits per heavy atom. The number of halogens is 3. The summed E-state index contributed by atoms with van der Waals surface area (Å²) in [5, 5.41) is 2.72. The van der Waals surface area contributed by atoms with Crippen LogP contribution in [0.25, 0.3) is 17.4 Å². The molecule has 150 valence electrons. The summed E-state index contributed by atoms with van der Waals surface area (Å²) in [6.07, 6.45) is 1.30. The summed E-state index contributed by atoms with van der Waals surface area (Å²) in [7, 11) is 0.